The van der Waals surface area contributed by atoms with E-state index in [1.165, 1.54) is 0 Å². The standard InChI is InChI=1S/C15H16O2.C6H14O2.CCl2O/c1-15(2,11-3-7-13(16)8-4-11)12-5-9-14(17)10-6-12;7-5-3-1-2-4-6-8;2-1(3)4/h3-10,16-17H,1-2H3;7-8H,1-6H2;. The fraction of sp³-hybridized carbons (Fsp3) is 0.409. The average molecular weight is 445 g/mol. The van der Waals surface area contributed by atoms with Crippen molar-refractivity contribution in [3.63, 3.8) is 0 Å². The molecule has 29 heavy (non-hydrogen) atoms. The molecule has 0 aliphatic carbocycles. The summed E-state index contributed by atoms with van der Waals surface area (Å²) in [4.78, 5) is 8.98. The van der Waals surface area contributed by atoms with Gasteiger partial charge in [0, 0.05) is 18.6 Å². The number of aliphatic hydroxyl groups excluding tert-OH is 2. The molecule has 0 unspecified atom stereocenters. The van der Waals surface area contributed by atoms with Crippen LogP contribution in [0.25, 0.3) is 0 Å². The number of rotatable bonds is 7. The van der Waals surface area contributed by atoms with Crippen LogP contribution in [-0.4, -0.2) is 38.3 Å². The molecule has 7 heteroatoms. The van der Waals surface area contributed by atoms with Crippen molar-refractivity contribution in [1.29, 1.82) is 0 Å². The number of benzene rings is 2. The van der Waals surface area contributed by atoms with Gasteiger partial charge in [0.15, 0.2) is 0 Å². The third-order valence-corrected chi connectivity index (χ3v) is 4.24. The molecule has 0 aliphatic rings. The average Bonchev–Trinajstić information content (AvgIpc) is 2.66. The van der Waals surface area contributed by atoms with Crippen LogP contribution in [0, 0.1) is 0 Å². The van der Waals surface area contributed by atoms with Crippen molar-refractivity contribution in [2.24, 2.45) is 0 Å². The molecule has 0 aromatic heterocycles. The number of carbonyl (C=O) groups is 1. The minimum atomic E-state index is -0.889. The molecule has 4 N–H and O–H groups in total. The predicted molar refractivity (Wildman–Crippen MR) is 118 cm³/mol. The van der Waals surface area contributed by atoms with Crippen LogP contribution in [0.15, 0.2) is 48.5 Å². The molecule has 0 heterocycles. The number of carbonyl (C=O) groups excluding carboxylic acids is 1. The van der Waals surface area contributed by atoms with E-state index in [0.717, 1.165) is 36.8 Å². The Hall–Kier alpha value is -1.79. The van der Waals surface area contributed by atoms with Gasteiger partial charge in [0.05, 0.1) is 0 Å². The molecular formula is C22H30Cl2O5. The van der Waals surface area contributed by atoms with E-state index >= 15 is 0 Å². The number of aromatic hydroxyl groups is 2. The van der Waals surface area contributed by atoms with Crippen molar-refractivity contribution in [2.75, 3.05) is 13.2 Å². The molecule has 2 rings (SSSR count). The Bertz CT molecular complexity index is 628. The maximum atomic E-state index is 9.30. The molecule has 0 spiro atoms. The second-order valence-electron chi connectivity index (χ2n) is 6.81. The van der Waals surface area contributed by atoms with Gasteiger partial charge in [-0.3, -0.25) is 4.79 Å². The molecule has 0 aliphatic heterocycles. The Morgan fingerprint density at radius 3 is 1.24 bits per heavy atom. The predicted octanol–water partition coefficient (Wildman–Crippen LogP) is 5.54. The van der Waals surface area contributed by atoms with E-state index in [4.69, 9.17) is 15.0 Å². The number of hydrogen-bond donors (Lipinski definition) is 4. The smallest absolute Gasteiger partial charge is 0.313 e. The van der Waals surface area contributed by atoms with E-state index in [9.17, 15) is 10.2 Å². The minimum Gasteiger partial charge on any atom is -0.508 e. The van der Waals surface area contributed by atoms with Gasteiger partial charge in [-0.2, -0.15) is 0 Å². The van der Waals surface area contributed by atoms with Crippen LogP contribution in [0.3, 0.4) is 0 Å². The largest absolute Gasteiger partial charge is 0.508 e. The number of phenols is 2. The number of halogens is 2. The first-order valence-electron chi connectivity index (χ1n) is 9.30. The lowest BCUT2D eigenvalue weighted by Gasteiger charge is -2.26. The van der Waals surface area contributed by atoms with Gasteiger partial charge in [-0.25, -0.2) is 0 Å². The zero-order chi connectivity index (χ0) is 22.3. The lowest BCUT2D eigenvalue weighted by molar-refractivity contribution is 0.265. The van der Waals surface area contributed by atoms with Crippen molar-refractivity contribution >= 4 is 27.9 Å². The first-order valence-corrected chi connectivity index (χ1v) is 10.1. The summed E-state index contributed by atoms with van der Waals surface area (Å²) in [6, 6.07) is 14.4. The van der Waals surface area contributed by atoms with E-state index in [-0.39, 0.29) is 30.1 Å². The van der Waals surface area contributed by atoms with E-state index in [1.54, 1.807) is 24.3 Å². The molecule has 0 fully saturated rings. The number of unbranched alkanes of at least 4 members (excludes halogenated alkanes) is 3. The summed E-state index contributed by atoms with van der Waals surface area (Å²) < 4.78 is -0.889. The molecule has 5 nitrogen and oxygen atoms in total. The van der Waals surface area contributed by atoms with Gasteiger partial charge in [0.2, 0.25) is 0 Å². The summed E-state index contributed by atoms with van der Waals surface area (Å²) in [6.07, 6.45) is 3.83. The highest BCUT2D eigenvalue weighted by Crippen LogP contribution is 2.32. The fourth-order valence-corrected chi connectivity index (χ4v) is 2.50. The van der Waals surface area contributed by atoms with E-state index in [1.807, 2.05) is 24.3 Å². The van der Waals surface area contributed by atoms with Gasteiger partial charge >= 0.3 is 4.70 Å². The fourth-order valence-electron chi connectivity index (χ4n) is 2.50. The maximum absolute atomic E-state index is 9.30. The van der Waals surface area contributed by atoms with Crippen LogP contribution >= 0.6 is 23.2 Å². The molecule has 2 aromatic rings. The molecular weight excluding hydrogens is 415 g/mol. The van der Waals surface area contributed by atoms with Crippen LogP contribution in [0.1, 0.15) is 50.7 Å². The van der Waals surface area contributed by atoms with Crippen LogP contribution in [0.2, 0.25) is 0 Å². The lowest BCUT2D eigenvalue weighted by atomic mass is 9.78. The highest BCUT2D eigenvalue weighted by molar-refractivity contribution is 6.93. The van der Waals surface area contributed by atoms with Gasteiger partial charge < -0.3 is 20.4 Å². The van der Waals surface area contributed by atoms with Crippen molar-refractivity contribution in [3.8, 4) is 11.5 Å². The molecule has 0 atom stereocenters. The summed E-state index contributed by atoms with van der Waals surface area (Å²) >= 11 is 8.80. The molecule has 2 aromatic carbocycles. The van der Waals surface area contributed by atoms with Gasteiger partial charge in [-0.15, -0.1) is 0 Å². The number of aliphatic hydroxyl groups is 2. The third-order valence-electron chi connectivity index (χ3n) is 4.24. The molecule has 0 amide bonds. The normalized spacial score (nSPS) is 10.3. The lowest BCUT2D eigenvalue weighted by Crippen LogP contribution is -2.18. The Kier molecular flexibility index (Phi) is 14.2. The summed E-state index contributed by atoms with van der Waals surface area (Å²) in [5.74, 6) is 0.547. The highest BCUT2D eigenvalue weighted by atomic mass is 35.5. The van der Waals surface area contributed by atoms with E-state index in [0.29, 0.717) is 0 Å². The van der Waals surface area contributed by atoms with Crippen LogP contribution < -0.4 is 0 Å². The second-order valence-corrected chi connectivity index (χ2v) is 7.69. The van der Waals surface area contributed by atoms with Crippen molar-refractivity contribution in [1.82, 2.24) is 0 Å². The topological polar surface area (TPSA) is 98.0 Å². The van der Waals surface area contributed by atoms with Gasteiger partial charge in [-0.05, 0) is 71.4 Å². The Labute approximate surface area is 182 Å². The zero-order valence-electron chi connectivity index (χ0n) is 16.8. The second kappa shape index (κ2) is 15.1. The van der Waals surface area contributed by atoms with Crippen molar-refractivity contribution in [2.45, 2.75) is 44.9 Å². The summed E-state index contributed by atoms with van der Waals surface area (Å²) in [6.45, 7) is 4.80. The zero-order valence-corrected chi connectivity index (χ0v) is 18.3. The third kappa shape index (κ3) is 12.4. The van der Waals surface area contributed by atoms with Crippen LogP contribution in [0.4, 0.5) is 4.79 Å². The van der Waals surface area contributed by atoms with Crippen LogP contribution in [0.5, 0.6) is 11.5 Å². The molecule has 0 saturated heterocycles. The monoisotopic (exact) mass is 444 g/mol. The quantitative estimate of drug-likeness (QED) is 0.331. The molecule has 0 bridgehead atoms. The van der Waals surface area contributed by atoms with E-state index < -0.39 is 4.70 Å². The SMILES string of the molecule is CC(C)(c1ccc(O)cc1)c1ccc(O)cc1.O=C(Cl)Cl.OCCCCCCO. The number of hydrogen-bond acceptors (Lipinski definition) is 5. The van der Waals surface area contributed by atoms with Crippen molar-refractivity contribution in [3.05, 3.63) is 59.7 Å². The van der Waals surface area contributed by atoms with E-state index in [2.05, 4.69) is 37.0 Å². The molecule has 0 radical (unpaired) electrons. The summed E-state index contributed by atoms with van der Waals surface area (Å²) in [5, 5.41) is 35.2. The maximum Gasteiger partial charge on any atom is 0.313 e. The Balaban J connectivity index is 0.000000547. The minimum absolute atomic E-state index is 0.151. The van der Waals surface area contributed by atoms with Crippen molar-refractivity contribution < 1.29 is 25.2 Å². The first kappa shape index (κ1) is 27.2. The molecule has 162 valence electrons. The Morgan fingerprint density at radius 1 is 0.724 bits per heavy atom. The summed E-state index contributed by atoms with van der Waals surface area (Å²) in [5.41, 5.74) is 2.10. The van der Waals surface area contributed by atoms with Gasteiger partial charge in [0.1, 0.15) is 11.5 Å². The highest BCUT2D eigenvalue weighted by Gasteiger charge is 2.22. The van der Waals surface area contributed by atoms with Crippen LogP contribution in [-0.2, 0) is 5.41 Å². The molecule has 0 saturated carbocycles. The van der Waals surface area contributed by atoms with Gasteiger partial charge in [0.25, 0.3) is 0 Å². The summed E-state index contributed by atoms with van der Waals surface area (Å²) in [7, 11) is 0. The van der Waals surface area contributed by atoms with Gasteiger partial charge in [-0.1, -0.05) is 51.0 Å². The first-order chi connectivity index (χ1) is 13.6. The Morgan fingerprint density at radius 2 is 1.00 bits per heavy atom. The number of phenolic OH excluding ortho intramolecular Hbond substituents is 2.